The van der Waals surface area contributed by atoms with Crippen molar-refractivity contribution >= 4 is 0 Å². The molecule has 0 heterocycles. The number of hydrogen-bond donors (Lipinski definition) is 2. The predicted molar refractivity (Wildman–Crippen MR) is 78.6 cm³/mol. The molecule has 0 aromatic heterocycles. The molecule has 2 nitrogen and oxygen atoms in total. The van der Waals surface area contributed by atoms with Crippen molar-refractivity contribution in [3.05, 3.63) is 0 Å². The quantitative estimate of drug-likeness (QED) is 0.550. The molecule has 0 bridgehead atoms. The Morgan fingerprint density at radius 3 is 1.61 bits per heavy atom. The molecular formula is C16H34O2. The van der Waals surface area contributed by atoms with Gasteiger partial charge < -0.3 is 10.2 Å². The highest BCUT2D eigenvalue weighted by Crippen LogP contribution is 2.31. The Balaban J connectivity index is 4.00. The van der Waals surface area contributed by atoms with E-state index in [1.165, 1.54) is 19.3 Å². The Morgan fingerprint density at radius 1 is 0.722 bits per heavy atom. The fourth-order valence-electron chi connectivity index (χ4n) is 2.43. The smallest absolute Gasteiger partial charge is 0.0509 e. The van der Waals surface area contributed by atoms with Crippen LogP contribution in [-0.4, -0.2) is 23.4 Å². The molecule has 0 saturated carbocycles. The van der Waals surface area contributed by atoms with E-state index in [9.17, 15) is 10.2 Å². The summed E-state index contributed by atoms with van der Waals surface area (Å²) in [6.45, 7) is 9.19. The molecule has 0 fully saturated rings. The first kappa shape index (κ1) is 17.9. The van der Waals surface area contributed by atoms with Gasteiger partial charge in [-0.25, -0.2) is 0 Å². The topological polar surface area (TPSA) is 40.5 Å². The highest BCUT2D eigenvalue weighted by Gasteiger charge is 2.27. The zero-order valence-corrected chi connectivity index (χ0v) is 12.9. The number of hydrogen-bond acceptors (Lipinski definition) is 2. The molecule has 0 atom stereocenters. The molecule has 0 amide bonds. The van der Waals surface area contributed by atoms with E-state index in [0.29, 0.717) is 5.92 Å². The summed E-state index contributed by atoms with van der Waals surface area (Å²) in [5, 5.41) is 19.2. The summed E-state index contributed by atoms with van der Waals surface area (Å²) in [5.41, 5.74) is -0.230. The average Bonchev–Trinajstić information content (AvgIpc) is 2.32. The molecular weight excluding hydrogens is 224 g/mol. The summed E-state index contributed by atoms with van der Waals surface area (Å²) in [5.74, 6) is 1.46. The summed E-state index contributed by atoms with van der Waals surface area (Å²) < 4.78 is 0. The molecule has 0 rings (SSSR count). The van der Waals surface area contributed by atoms with Crippen LogP contribution in [0.2, 0.25) is 0 Å². The van der Waals surface area contributed by atoms with Gasteiger partial charge >= 0.3 is 0 Å². The van der Waals surface area contributed by atoms with Gasteiger partial charge in [-0.05, 0) is 24.7 Å². The fourth-order valence-corrected chi connectivity index (χ4v) is 2.43. The highest BCUT2D eigenvalue weighted by atomic mass is 16.3. The largest absolute Gasteiger partial charge is 0.396 e. The van der Waals surface area contributed by atoms with Crippen molar-refractivity contribution in [2.24, 2.45) is 17.3 Å². The van der Waals surface area contributed by atoms with Crippen LogP contribution in [0.5, 0.6) is 0 Å². The van der Waals surface area contributed by atoms with E-state index in [1.807, 2.05) is 0 Å². The first-order valence-electron chi connectivity index (χ1n) is 7.67. The predicted octanol–water partition coefficient (Wildman–Crippen LogP) is 4.00. The van der Waals surface area contributed by atoms with Gasteiger partial charge in [-0.3, -0.25) is 0 Å². The second kappa shape index (κ2) is 9.80. The second-order valence-corrected chi connectivity index (χ2v) is 6.74. The first-order chi connectivity index (χ1) is 8.45. The average molecular weight is 258 g/mol. The Morgan fingerprint density at radius 2 is 1.17 bits per heavy atom. The molecule has 2 N–H and O–H groups in total. The molecule has 0 aliphatic rings. The minimum Gasteiger partial charge on any atom is -0.396 e. The van der Waals surface area contributed by atoms with E-state index in [0.717, 1.165) is 31.6 Å². The molecule has 0 aliphatic heterocycles. The van der Waals surface area contributed by atoms with Crippen LogP contribution in [0.3, 0.4) is 0 Å². The Kier molecular flexibility index (Phi) is 9.76. The van der Waals surface area contributed by atoms with Crippen molar-refractivity contribution in [1.82, 2.24) is 0 Å². The minimum absolute atomic E-state index is 0.128. The van der Waals surface area contributed by atoms with Crippen LogP contribution >= 0.6 is 0 Å². The van der Waals surface area contributed by atoms with Crippen molar-refractivity contribution in [2.45, 2.75) is 72.6 Å². The zero-order chi connectivity index (χ0) is 14.0. The van der Waals surface area contributed by atoms with Crippen LogP contribution in [0.25, 0.3) is 0 Å². The highest BCUT2D eigenvalue weighted by molar-refractivity contribution is 4.78. The molecule has 0 saturated heterocycles. The number of aliphatic hydroxyl groups is 2. The Hall–Kier alpha value is -0.0800. The third kappa shape index (κ3) is 8.10. The second-order valence-electron chi connectivity index (χ2n) is 6.74. The summed E-state index contributed by atoms with van der Waals surface area (Å²) in [7, 11) is 0. The van der Waals surface area contributed by atoms with Gasteiger partial charge in [0.15, 0.2) is 0 Å². The third-order valence-electron chi connectivity index (χ3n) is 3.90. The molecule has 0 aromatic rings. The Labute approximate surface area is 114 Å². The van der Waals surface area contributed by atoms with Crippen LogP contribution < -0.4 is 0 Å². The molecule has 0 radical (unpaired) electrons. The zero-order valence-electron chi connectivity index (χ0n) is 12.9. The van der Waals surface area contributed by atoms with Crippen LogP contribution in [0.15, 0.2) is 0 Å². The van der Waals surface area contributed by atoms with Crippen molar-refractivity contribution in [1.29, 1.82) is 0 Å². The summed E-state index contributed by atoms with van der Waals surface area (Å²) >= 11 is 0. The standard InChI is InChI=1S/C16H34O2/c1-14(2)8-5-6-10-16(12-17,13-18)11-7-9-15(3)4/h14-15,17-18H,5-13H2,1-4H3. The number of unbranched alkanes of at least 4 members (excludes halogenated alkanes) is 1. The fraction of sp³-hybridized carbons (Fsp3) is 1.00. The van der Waals surface area contributed by atoms with E-state index >= 15 is 0 Å². The summed E-state index contributed by atoms with van der Waals surface area (Å²) in [6, 6.07) is 0. The maximum Gasteiger partial charge on any atom is 0.0509 e. The van der Waals surface area contributed by atoms with Crippen molar-refractivity contribution in [3.8, 4) is 0 Å². The monoisotopic (exact) mass is 258 g/mol. The lowest BCUT2D eigenvalue weighted by atomic mass is 9.79. The lowest BCUT2D eigenvalue weighted by Gasteiger charge is -2.30. The van der Waals surface area contributed by atoms with E-state index in [2.05, 4.69) is 27.7 Å². The van der Waals surface area contributed by atoms with Crippen LogP contribution in [-0.2, 0) is 0 Å². The normalized spacial score (nSPS) is 12.7. The van der Waals surface area contributed by atoms with E-state index in [1.54, 1.807) is 0 Å². The SMILES string of the molecule is CC(C)CCCCC(CO)(CO)CCCC(C)C. The van der Waals surface area contributed by atoms with E-state index in [4.69, 9.17) is 0 Å². The third-order valence-corrected chi connectivity index (χ3v) is 3.90. The summed E-state index contributed by atoms with van der Waals surface area (Å²) in [6.07, 6.45) is 7.81. The van der Waals surface area contributed by atoms with Gasteiger partial charge in [0.05, 0.1) is 13.2 Å². The number of aliphatic hydroxyl groups excluding tert-OH is 2. The molecule has 0 spiro atoms. The lowest BCUT2D eigenvalue weighted by Crippen LogP contribution is -2.30. The van der Waals surface area contributed by atoms with Crippen LogP contribution in [0.1, 0.15) is 72.6 Å². The van der Waals surface area contributed by atoms with Gasteiger partial charge in [0, 0.05) is 5.41 Å². The molecule has 110 valence electrons. The minimum atomic E-state index is -0.230. The summed E-state index contributed by atoms with van der Waals surface area (Å²) in [4.78, 5) is 0. The van der Waals surface area contributed by atoms with Gasteiger partial charge in [0.2, 0.25) is 0 Å². The van der Waals surface area contributed by atoms with Crippen molar-refractivity contribution in [2.75, 3.05) is 13.2 Å². The maximum atomic E-state index is 9.59. The first-order valence-corrected chi connectivity index (χ1v) is 7.67. The van der Waals surface area contributed by atoms with Crippen LogP contribution in [0, 0.1) is 17.3 Å². The van der Waals surface area contributed by atoms with Gasteiger partial charge in [0.1, 0.15) is 0 Å². The van der Waals surface area contributed by atoms with E-state index < -0.39 is 0 Å². The molecule has 2 heteroatoms. The van der Waals surface area contributed by atoms with Crippen LogP contribution in [0.4, 0.5) is 0 Å². The molecule has 0 unspecified atom stereocenters. The van der Waals surface area contributed by atoms with Gasteiger partial charge in [0.25, 0.3) is 0 Å². The van der Waals surface area contributed by atoms with Crippen molar-refractivity contribution < 1.29 is 10.2 Å². The number of rotatable bonds is 11. The van der Waals surface area contributed by atoms with Gasteiger partial charge in [-0.1, -0.05) is 59.8 Å². The lowest BCUT2D eigenvalue weighted by molar-refractivity contribution is 0.0346. The molecule has 0 aliphatic carbocycles. The maximum absolute atomic E-state index is 9.59. The van der Waals surface area contributed by atoms with Gasteiger partial charge in [-0.2, -0.15) is 0 Å². The molecule has 0 aromatic carbocycles. The van der Waals surface area contributed by atoms with Gasteiger partial charge in [-0.15, -0.1) is 0 Å². The van der Waals surface area contributed by atoms with Crippen molar-refractivity contribution in [3.63, 3.8) is 0 Å². The Bertz CT molecular complexity index is 184. The van der Waals surface area contributed by atoms with E-state index in [-0.39, 0.29) is 18.6 Å². The molecule has 18 heavy (non-hydrogen) atoms.